The minimum Gasteiger partial charge on any atom is -0.384 e. The second kappa shape index (κ2) is 10.2. The number of sulfonamides is 1. The van der Waals surface area contributed by atoms with Crippen LogP contribution in [-0.2, 0) is 21.3 Å². The largest absolute Gasteiger partial charge is 0.384 e. The summed E-state index contributed by atoms with van der Waals surface area (Å²) in [6, 6.07) is 9.28. The summed E-state index contributed by atoms with van der Waals surface area (Å²) in [4.78, 5) is 15.9. The Morgan fingerprint density at radius 1 is 1.24 bits per heavy atom. The predicted molar refractivity (Wildman–Crippen MR) is 145 cm³/mol. The Labute approximate surface area is 222 Å². The number of pyridine rings is 1. The first-order valence-electron chi connectivity index (χ1n) is 13.0. The van der Waals surface area contributed by atoms with Crippen LogP contribution in [0.5, 0.6) is 0 Å². The highest BCUT2D eigenvalue weighted by molar-refractivity contribution is 7.89. The van der Waals surface area contributed by atoms with Crippen LogP contribution in [0.2, 0.25) is 0 Å². The number of methoxy groups -OCH3 is 1. The van der Waals surface area contributed by atoms with Gasteiger partial charge >= 0.3 is 0 Å². The van der Waals surface area contributed by atoms with Crippen LogP contribution in [0.15, 0.2) is 40.2 Å². The van der Waals surface area contributed by atoms with Crippen LogP contribution in [0, 0.1) is 22.7 Å². The molecule has 2 aromatic heterocycles. The predicted octanol–water partition coefficient (Wildman–Crippen LogP) is 4.29. The maximum atomic E-state index is 13.2. The van der Waals surface area contributed by atoms with Gasteiger partial charge in [0.25, 0.3) is 5.56 Å². The first-order valence-corrected chi connectivity index (χ1v) is 14.5. The van der Waals surface area contributed by atoms with Gasteiger partial charge in [0.1, 0.15) is 5.39 Å². The zero-order valence-corrected chi connectivity index (χ0v) is 22.8. The third-order valence-corrected chi connectivity index (χ3v) is 9.41. The highest BCUT2D eigenvalue weighted by atomic mass is 32.2. The third kappa shape index (κ3) is 4.84. The lowest BCUT2D eigenvalue weighted by molar-refractivity contribution is 0.0890. The van der Waals surface area contributed by atoms with Crippen LogP contribution >= 0.6 is 0 Å². The molecule has 1 aliphatic carbocycles. The number of aromatic amines is 1. The minimum absolute atomic E-state index is 0.114. The summed E-state index contributed by atoms with van der Waals surface area (Å²) in [5, 5.41) is 18.3. The summed E-state index contributed by atoms with van der Waals surface area (Å²) in [6.45, 7) is 5.01. The van der Waals surface area contributed by atoms with Crippen LogP contribution in [-0.4, -0.2) is 47.7 Å². The van der Waals surface area contributed by atoms with Gasteiger partial charge in [-0.15, -0.1) is 0 Å². The van der Waals surface area contributed by atoms with E-state index in [1.165, 1.54) is 4.31 Å². The molecule has 0 saturated heterocycles. The Bertz CT molecular complexity index is 1550. The number of H-pyrrole nitrogens is 1. The summed E-state index contributed by atoms with van der Waals surface area (Å²) in [5.74, 6) is 0.216. The molecule has 2 unspecified atom stereocenters. The molecule has 5 rings (SSSR count). The second-order valence-corrected chi connectivity index (χ2v) is 13.0. The Morgan fingerprint density at radius 3 is 2.79 bits per heavy atom. The van der Waals surface area contributed by atoms with Gasteiger partial charge in [0, 0.05) is 37.5 Å². The smallest absolute Gasteiger partial charge is 0.261 e. The average molecular weight is 539 g/mol. The molecule has 0 amide bonds. The molecular weight excluding hydrogens is 504 g/mol. The fourth-order valence-corrected chi connectivity index (χ4v) is 7.61. The SMILES string of the molecule is COCC(C)(C)CN1Cc2cc(Nc3nn(C4CCCCCC4C#N)c4cc[nH]c(=O)c34)ccc2S1(=O)=O. The highest BCUT2D eigenvalue weighted by Crippen LogP contribution is 2.38. The van der Waals surface area contributed by atoms with Gasteiger partial charge in [-0.1, -0.05) is 33.1 Å². The lowest BCUT2D eigenvalue weighted by Gasteiger charge is -2.28. The molecule has 3 aromatic rings. The molecule has 0 radical (unpaired) electrons. The van der Waals surface area contributed by atoms with Crippen molar-refractivity contribution < 1.29 is 13.2 Å². The average Bonchev–Trinajstić information content (AvgIpc) is 3.21. The Morgan fingerprint density at radius 2 is 2.03 bits per heavy atom. The number of hydrogen-bond acceptors (Lipinski definition) is 7. The van der Waals surface area contributed by atoms with Crippen molar-refractivity contribution in [3.05, 3.63) is 46.4 Å². The molecule has 1 aliphatic heterocycles. The number of aromatic nitrogens is 3. The molecule has 2 atom stereocenters. The molecule has 3 heterocycles. The summed E-state index contributed by atoms with van der Waals surface area (Å²) in [5.41, 5.74) is 1.41. The molecule has 1 fully saturated rings. The van der Waals surface area contributed by atoms with Gasteiger partial charge in [0.15, 0.2) is 5.82 Å². The van der Waals surface area contributed by atoms with Gasteiger partial charge in [-0.2, -0.15) is 14.7 Å². The van der Waals surface area contributed by atoms with E-state index < -0.39 is 10.0 Å². The van der Waals surface area contributed by atoms with Crippen LogP contribution in [0.3, 0.4) is 0 Å². The van der Waals surface area contributed by atoms with Gasteiger partial charge in [-0.05, 0) is 42.7 Å². The number of nitriles is 1. The number of nitrogens with zero attached hydrogens (tertiary/aromatic N) is 4. The van der Waals surface area contributed by atoms with E-state index in [4.69, 9.17) is 9.84 Å². The molecule has 0 spiro atoms. The monoisotopic (exact) mass is 538 g/mol. The molecule has 10 nitrogen and oxygen atoms in total. The first kappa shape index (κ1) is 26.4. The summed E-state index contributed by atoms with van der Waals surface area (Å²) < 4.78 is 35.0. The van der Waals surface area contributed by atoms with E-state index in [2.05, 4.69) is 16.4 Å². The van der Waals surface area contributed by atoms with Crippen molar-refractivity contribution in [3.63, 3.8) is 0 Å². The van der Waals surface area contributed by atoms with Gasteiger partial charge in [0.2, 0.25) is 10.0 Å². The van der Waals surface area contributed by atoms with E-state index in [0.717, 1.165) is 32.1 Å². The lowest BCUT2D eigenvalue weighted by Crippen LogP contribution is -2.37. The van der Waals surface area contributed by atoms with Crippen molar-refractivity contribution in [2.45, 2.75) is 63.4 Å². The van der Waals surface area contributed by atoms with Gasteiger partial charge in [-0.25, -0.2) is 8.42 Å². The molecule has 11 heteroatoms. The number of rotatable bonds is 7. The van der Waals surface area contributed by atoms with Gasteiger partial charge < -0.3 is 15.0 Å². The van der Waals surface area contributed by atoms with Gasteiger partial charge in [0.05, 0.1) is 35.0 Å². The number of ether oxygens (including phenoxy) is 1. The fraction of sp³-hybridized carbons (Fsp3) is 0.519. The normalized spacial score (nSPS) is 21.6. The molecule has 1 saturated carbocycles. The number of anilines is 2. The summed E-state index contributed by atoms with van der Waals surface area (Å²) >= 11 is 0. The third-order valence-electron chi connectivity index (χ3n) is 7.52. The molecule has 1 aromatic carbocycles. The Hall–Kier alpha value is -3.20. The quantitative estimate of drug-likeness (QED) is 0.429. The van der Waals surface area contributed by atoms with E-state index >= 15 is 0 Å². The van der Waals surface area contributed by atoms with Crippen molar-refractivity contribution in [1.29, 1.82) is 5.26 Å². The first-order chi connectivity index (χ1) is 18.1. The van der Waals surface area contributed by atoms with Crippen molar-refractivity contribution in [2.75, 3.05) is 25.6 Å². The standard InChI is InChI=1S/C27H34N6O4S/c1-27(2,17-37-3)16-32-15-19-13-20(9-10-23(19)38(32,35)36)30-25-24-22(11-12-29-26(24)34)33(31-25)21-8-6-4-5-7-18(21)14-28/h9-13,18,21H,4-8,15-17H2,1-3H3,(H,29,34)(H,30,31). The zero-order chi connectivity index (χ0) is 27.1. The van der Waals surface area contributed by atoms with Crippen molar-refractivity contribution >= 4 is 32.4 Å². The van der Waals surface area contributed by atoms with E-state index in [1.54, 1.807) is 25.4 Å². The Kier molecular flexibility index (Phi) is 7.07. The van der Waals surface area contributed by atoms with Crippen LogP contribution in [0.25, 0.3) is 10.9 Å². The zero-order valence-electron chi connectivity index (χ0n) is 22.0. The molecule has 38 heavy (non-hydrogen) atoms. The Balaban J connectivity index is 1.49. The number of benzene rings is 1. The van der Waals surface area contributed by atoms with Crippen molar-refractivity contribution in [3.8, 4) is 6.07 Å². The molecule has 2 N–H and O–H groups in total. The van der Waals surface area contributed by atoms with E-state index in [-0.39, 0.29) is 29.5 Å². The topological polar surface area (TPSA) is 133 Å². The number of nitrogens with one attached hydrogen (secondary N) is 2. The maximum absolute atomic E-state index is 13.2. The number of fused-ring (bicyclic) bond motifs is 2. The van der Waals surface area contributed by atoms with Crippen molar-refractivity contribution in [1.82, 2.24) is 19.1 Å². The summed E-state index contributed by atoms with van der Waals surface area (Å²) in [6.07, 6.45) is 6.34. The maximum Gasteiger partial charge on any atom is 0.261 e. The minimum atomic E-state index is -3.61. The summed E-state index contributed by atoms with van der Waals surface area (Å²) in [7, 11) is -2.00. The van der Waals surface area contributed by atoms with Crippen LogP contribution in [0.1, 0.15) is 57.6 Å². The van der Waals surface area contributed by atoms with E-state index in [9.17, 15) is 18.5 Å². The van der Waals surface area contributed by atoms with E-state index in [0.29, 0.717) is 46.0 Å². The lowest BCUT2D eigenvalue weighted by atomic mass is 9.95. The fourth-order valence-electron chi connectivity index (χ4n) is 5.81. The molecule has 2 aliphatic rings. The molecular formula is C27H34N6O4S. The van der Waals surface area contributed by atoms with Gasteiger partial charge in [-0.3, -0.25) is 9.48 Å². The van der Waals surface area contributed by atoms with E-state index in [1.807, 2.05) is 30.7 Å². The second-order valence-electron chi connectivity index (χ2n) is 11.1. The molecule has 0 bridgehead atoms. The van der Waals surface area contributed by atoms with Crippen LogP contribution in [0.4, 0.5) is 11.5 Å². The highest BCUT2D eigenvalue weighted by Gasteiger charge is 2.38. The molecule has 202 valence electrons. The van der Waals surface area contributed by atoms with Crippen LogP contribution < -0.4 is 10.9 Å². The van der Waals surface area contributed by atoms with Crippen molar-refractivity contribution in [2.24, 2.45) is 11.3 Å². The number of hydrogen-bond donors (Lipinski definition) is 2.